The van der Waals surface area contributed by atoms with Crippen LogP contribution in [0.1, 0.15) is 45.6 Å². The first-order chi connectivity index (χ1) is 15.1. The number of sulfonamides is 1. The zero-order valence-corrected chi connectivity index (χ0v) is 20.1. The first-order valence-corrected chi connectivity index (χ1v) is 12.6. The van der Waals surface area contributed by atoms with Crippen molar-refractivity contribution in [3.63, 3.8) is 0 Å². The first kappa shape index (κ1) is 22.8. The molecular weight excluding hydrogens is 424 g/mol. The molecule has 0 N–H and O–H groups in total. The van der Waals surface area contributed by atoms with Crippen LogP contribution in [0.4, 0.5) is 5.69 Å². The number of rotatable bonds is 4. The summed E-state index contributed by atoms with van der Waals surface area (Å²) >= 11 is 0. The molecule has 1 amide bonds. The number of nitrogens with zero attached hydrogens (tertiary/aromatic N) is 2. The lowest BCUT2D eigenvalue weighted by Gasteiger charge is -2.38. The van der Waals surface area contributed by atoms with Crippen molar-refractivity contribution in [1.29, 1.82) is 0 Å². The average Bonchev–Trinajstić information content (AvgIpc) is 3.08. The molecule has 2 aromatic carbocycles. The maximum absolute atomic E-state index is 13.5. The van der Waals surface area contributed by atoms with Gasteiger partial charge in [-0.15, -0.1) is 0 Å². The normalized spacial score (nSPS) is 22.5. The van der Waals surface area contributed by atoms with Gasteiger partial charge in [-0.3, -0.25) is 4.79 Å². The summed E-state index contributed by atoms with van der Waals surface area (Å²) in [5.74, 6) is 0.647. The van der Waals surface area contributed by atoms with E-state index < -0.39 is 15.4 Å². The topological polar surface area (TPSA) is 66.9 Å². The van der Waals surface area contributed by atoms with Crippen LogP contribution in [-0.4, -0.2) is 45.4 Å². The third-order valence-corrected chi connectivity index (χ3v) is 8.66. The Morgan fingerprint density at radius 3 is 2.19 bits per heavy atom. The van der Waals surface area contributed by atoms with E-state index in [-0.39, 0.29) is 22.8 Å². The van der Waals surface area contributed by atoms with Gasteiger partial charge in [0.05, 0.1) is 17.4 Å². The van der Waals surface area contributed by atoms with Gasteiger partial charge in [-0.1, -0.05) is 32.9 Å². The fraction of sp³-hybridized carbons (Fsp3) is 0.480. The Balaban J connectivity index is 1.55. The van der Waals surface area contributed by atoms with Crippen molar-refractivity contribution < 1.29 is 17.9 Å². The summed E-state index contributed by atoms with van der Waals surface area (Å²) in [5.41, 5.74) is 1.50. The number of piperidine rings is 1. The van der Waals surface area contributed by atoms with Gasteiger partial charge in [-0.2, -0.15) is 4.31 Å². The van der Waals surface area contributed by atoms with Crippen LogP contribution in [0.2, 0.25) is 0 Å². The van der Waals surface area contributed by atoms with Gasteiger partial charge in [0.25, 0.3) is 0 Å². The Labute approximate surface area is 191 Å². The van der Waals surface area contributed by atoms with Crippen molar-refractivity contribution in [3.8, 4) is 5.75 Å². The standard InChI is InChI=1S/C25H32N2O4S/c1-24(2,3)19-6-8-20(9-7-19)27-17-15-25(23(27)28)14-5-16-26(18-25)32(29,30)22-12-10-21(31-4)11-13-22/h6-13H,5,14-18H2,1-4H3. The van der Waals surface area contributed by atoms with E-state index in [1.165, 1.54) is 9.87 Å². The minimum atomic E-state index is -3.67. The van der Waals surface area contributed by atoms with Crippen LogP contribution in [0.5, 0.6) is 5.75 Å². The van der Waals surface area contributed by atoms with Crippen LogP contribution in [0.3, 0.4) is 0 Å². The highest BCUT2D eigenvalue weighted by Crippen LogP contribution is 2.43. The summed E-state index contributed by atoms with van der Waals surface area (Å²) in [6.07, 6.45) is 2.07. The van der Waals surface area contributed by atoms with Crippen LogP contribution in [0.15, 0.2) is 53.4 Å². The molecule has 2 fully saturated rings. The number of hydrogen-bond acceptors (Lipinski definition) is 4. The lowest BCUT2D eigenvalue weighted by molar-refractivity contribution is -0.127. The molecule has 1 atom stereocenters. The lowest BCUT2D eigenvalue weighted by atomic mass is 9.79. The molecule has 7 heteroatoms. The van der Waals surface area contributed by atoms with Gasteiger partial charge in [-0.05, 0) is 66.6 Å². The fourth-order valence-electron chi connectivity index (χ4n) is 4.78. The van der Waals surface area contributed by atoms with Crippen LogP contribution < -0.4 is 9.64 Å². The van der Waals surface area contributed by atoms with Gasteiger partial charge >= 0.3 is 0 Å². The lowest BCUT2D eigenvalue weighted by Crippen LogP contribution is -2.49. The molecule has 0 bridgehead atoms. The molecule has 172 valence electrons. The Bertz CT molecular complexity index is 1090. The van der Waals surface area contributed by atoms with Gasteiger partial charge in [0, 0.05) is 25.3 Å². The van der Waals surface area contributed by atoms with Crippen molar-refractivity contribution in [2.45, 2.75) is 50.3 Å². The highest BCUT2D eigenvalue weighted by molar-refractivity contribution is 7.89. The molecule has 1 spiro atoms. The molecule has 2 heterocycles. The number of methoxy groups -OCH3 is 1. The highest BCUT2D eigenvalue weighted by atomic mass is 32.2. The van der Waals surface area contributed by atoms with Crippen molar-refractivity contribution in [1.82, 2.24) is 4.31 Å². The molecule has 6 nitrogen and oxygen atoms in total. The van der Waals surface area contributed by atoms with Crippen molar-refractivity contribution >= 4 is 21.6 Å². The highest BCUT2D eigenvalue weighted by Gasteiger charge is 2.51. The van der Waals surface area contributed by atoms with Gasteiger partial charge in [-0.25, -0.2) is 8.42 Å². The second-order valence-electron chi connectivity index (χ2n) is 9.90. The Kier molecular flexibility index (Phi) is 5.84. The van der Waals surface area contributed by atoms with E-state index in [1.807, 2.05) is 17.0 Å². The molecule has 0 radical (unpaired) electrons. The van der Waals surface area contributed by atoms with E-state index in [0.717, 1.165) is 12.1 Å². The van der Waals surface area contributed by atoms with Crippen LogP contribution in [0, 0.1) is 5.41 Å². The molecule has 2 aliphatic rings. The fourth-order valence-corrected chi connectivity index (χ4v) is 6.34. The number of carbonyl (C=O) groups excluding carboxylic acids is 1. The molecule has 32 heavy (non-hydrogen) atoms. The van der Waals surface area contributed by atoms with E-state index in [4.69, 9.17) is 4.74 Å². The van der Waals surface area contributed by atoms with Gasteiger partial charge in [0.2, 0.25) is 15.9 Å². The SMILES string of the molecule is COc1ccc(S(=O)(=O)N2CCCC3(CCN(c4ccc(C(C)(C)C)cc4)C3=O)C2)cc1. The largest absolute Gasteiger partial charge is 0.497 e. The zero-order valence-electron chi connectivity index (χ0n) is 19.3. The predicted molar refractivity (Wildman–Crippen MR) is 126 cm³/mol. The molecule has 0 aliphatic carbocycles. The third-order valence-electron chi connectivity index (χ3n) is 6.80. The number of amides is 1. The van der Waals surface area contributed by atoms with Crippen LogP contribution in [-0.2, 0) is 20.2 Å². The summed E-state index contributed by atoms with van der Waals surface area (Å²) in [7, 11) is -2.12. The van der Waals surface area contributed by atoms with E-state index in [1.54, 1.807) is 31.4 Å². The summed E-state index contributed by atoms with van der Waals surface area (Å²) in [5, 5.41) is 0. The average molecular weight is 457 g/mol. The van der Waals surface area contributed by atoms with E-state index >= 15 is 0 Å². The molecule has 4 rings (SSSR count). The summed E-state index contributed by atoms with van der Waals surface area (Å²) < 4.78 is 33.2. The quantitative estimate of drug-likeness (QED) is 0.692. The minimum Gasteiger partial charge on any atom is -0.497 e. The summed E-state index contributed by atoms with van der Waals surface area (Å²) in [6.45, 7) is 7.78. The van der Waals surface area contributed by atoms with Crippen LogP contribution in [0.25, 0.3) is 0 Å². The molecule has 0 aromatic heterocycles. The van der Waals surface area contributed by atoms with Crippen molar-refractivity contribution in [3.05, 3.63) is 54.1 Å². The molecule has 2 aliphatic heterocycles. The molecule has 0 saturated carbocycles. The van der Waals surface area contributed by atoms with Gasteiger partial charge in [0.1, 0.15) is 5.75 Å². The molecule has 1 unspecified atom stereocenters. The maximum atomic E-state index is 13.5. The summed E-state index contributed by atoms with van der Waals surface area (Å²) in [6, 6.07) is 14.6. The smallest absolute Gasteiger partial charge is 0.243 e. The maximum Gasteiger partial charge on any atom is 0.243 e. The second kappa shape index (κ2) is 8.19. The molecular formula is C25H32N2O4S. The number of anilines is 1. The third kappa shape index (κ3) is 4.04. The number of ether oxygens (including phenoxy) is 1. The Hall–Kier alpha value is -2.38. The van der Waals surface area contributed by atoms with Gasteiger partial charge < -0.3 is 9.64 Å². The summed E-state index contributed by atoms with van der Waals surface area (Å²) in [4.78, 5) is 15.6. The monoisotopic (exact) mass is 456 g/mol. The van der Waals surface area contributed by atoms with Crippen LogP contribution >= 0.6 is 0 Å². The van der Waals surface area contributed by atoms with E-state index in [0.29, 0.717) is 31.7 Å². The Morgan fingerprint density at radius 2 is 1.59 bits per heavy atom. The molecule has 2 saturated heterocycles. The van der Waals surface area contributed by atoms with Crippen molar-refractivity contribution in [2.75, 3.05) is 31.6 Å². The minimum absolute atomic E-state index is 0.0376. The zero-order chi connectivity index (χ0) is 23.1. The predicted octanol–water partition coefficient (Wildman–Crippen LogP) is 4.20. The number of carbonyl (C=O) groups is 1. The van der Waals surface area contributed by atoms with Crippen molar-refractivity contribution in [2.24, 2.45) is 5.41 Å². The van der Waals surface area contributed by atoms with E-state index in [9.17, 15) is 13.2 Å². The molecule has 2 aromatic rings. The number of hydrogen-bond donors (Lipinski definition) is 0. The van der Waals surface area contributed by atoms with E-state index in [2.05, 4.69) is 32.9 Å². The first-order valence-electron chi connectivity index (χ1n) is 11.1. The second-order valence-corrected chi connectivity index (χ2v) is 11.8. The van der Waals surface area contributed by atoms with Gasteiger partial charge in [0.15, 0.2) is 0 Å². The Morgan fingerprint density at radius 1 is 0.938 bits per heavy atom. The number of benzene rings is 2.